The van der Waals surface area contributed by atoms with Gasteiger partial charge in [-0.2, -0.15) is 5.10 Å². The van der Waals surface area contributed by atoms with E-state index in [1.165, 1.54) is 6.21 Å². The number of hydrogen-bond acceptors (Lipinski definition) is 4. The van der Waals surface area contributed by atoms with Gasteiger partial charge in [-0.25, -0.2) is 5.43 Å². The minimum atomic E-state index is -0.875. The van der Waals surface area contributed by atoms with Crippen LogP contribution in [0.3, 0.4) is 0 Å². The Bertz CT molecular complexity index is 1150. The molecular weight excluding hydrogens is 416 g/mol. The van der Waals surface area contributed by atoms with Crippen molar-refractivity contribution < 1.29 is 14.3 Å². The minimum absolute atomic E-state index is 0.464. The van der Waals surface area contributed by atoms with Crippen molar-refractivity contribution in [3.05, 3.63) is 76.1 Å². The van der Waals surface area contributed by atoms with Crippen molar-refractivity contribution >= 4 is 35.3 Å². The zero-order valence-corrected chi connectivity index (χ0v) is 18.4. The monoisotopic (exact) mass is 438 g/mol. The van der Waals surface area contributed by atoms with Crippen molar-refractivity contribution in [2.75, 3.05) is 12.4 Å². The van der Waals surface area contributed by atoms with Gasteiger partial charge < -0.3 is 14.6 Å². The first-order valence-corrected chi connectivity index (χ1v) is 9.92. The highest BCUT2D eigenvalue weighted by Crippen LogP contribution is 2.22. The number of nitrogens with one attached hydrogen (secondary N) is 2. The van der Waals surface area contributed by atoms with Crippen LogP contribution in [0.2, 0.25) is 5.02 Å². The van der Waals surface area contributed by atoms with Crippen molar-refractivity contribution in [2.45, 2.75) is 20.8 Å². The van der Waals surface area contributed by atoms with Gasteiger partial charge in [0.1, 0.15) is 5.75 Å². The van der Waals surface area contributed by atoms with Gasteiger partial charge in [-0.15, -0.1) is 0 Å². The highest BCUT2D eigenvalue weighted by atomic mass is 35.5. The zero-order chi connectivity index (χ0) is 22.5. The summed E-state index contributed by atoms with van der Waals surface area (Å²) in [6.07, 6.45) is 1.51. The van der Waals surface area contributed by atoms with Gasteiger partial charge in [0, 0.05) is 33.3 Å². The van der Waals surface area contributed by atoms with Crippen LogP contribution in [-0.2, 0) is 9.59 Å². The summed E-state index contributed by atoms with van der Waals surface area (Å²) in [5, 5.41) is 6.93. The Morgan fingerprint density at radius 1 is 1.03 bits per heavy atom. The SMILES string of the molecule is COc1ccc(-n2c(C)cc(/C=N\NC(=O)C(=O)Nc3cc(Cl)ccc3C)c2C)cc1. The van der Waals surface area contributed by atoms with Crippen LogP contribution in [0.25, 0.3) is 5.69 Å². The molecule has 0 saturated carbocycles. The predicted molar refractivity (Wildman–Crippen MR) is 122 cm³/mol. The predicted octanol–water partition coefficient (Wildman–Crippen LogP) is 4.15. The number of rotatable bonds is 5. The lowest BCUT2D eigenvalue weighted by molar-refractivity contribution is -0.136. The van der Waals surface area contributed by atoms with Gasteiger partial charge in [-0.05, 0) is 68.8 Å². The third kappa shape index (κ3) is 5.13. The number of nitrogens with zero attached hydrogens (tertiary/aromatic N) is 2. The van der Waals surface area contributed by atoms with Crippen molar-refractivity contribution in [1.29, 1.82) is 0 Å². The van der Waals surface area contributed by atoms with Crippen molar-refractivity contribution in [1.82, 2.24) is 9.99 Å². The standard InChI is InChI=1S/C23H23ClN4O3/c1-14-5-6-18(24)12-21(14)26-22(29)23(30)27-25-13-17-11-15(2)28(16(17)3)19-7-9-20(31-4)10-8-19/h5-13H,1-4H3,(H,26,29)(H,27,30)/b25-13-. The summed E-state index contributed by atoms with van der Waals surface area (Å²) < 4.78 is 7.27. The highest BCUT2D eigenvalue weighted by molar-refractivity contribution is 6.40. The summed E-state index contributed by atoms with van der Waals surface area (Å²) in [6, 6.07) is 14.7. The number of anilines is 1. The molecule has 3 rings (SSSR count). The number of aryl methyl sites for hydroxylation is 2. The molecule has 1 heterocycles. The largest absolute Gasteiger partial charge is 0.497 e. The summed E-state index contributed by atoms with van der Waals surface area (Å²) in [7, 11) is 1.63. The lowest BCUT2D eigenvalue weighted by Crippen LogP contribution is -2.32. The smallest absolute Gasteiger partial charge is 0.329 e. The molecule has 2 N–H and O–H groups in total. The van der Waals surface area contributed by atoms with E-state index < -0.39 is 11.8 Å². The van der Waals surface area contributed by atoms with Crippen LogP contribution in [0.1, 0.15) is 22.5 Å². The van der Waals surface area contributed by atoms with E-state index in [0.29, 0.717) is 10.7 Å². The summed E-state index contributed by atoms with van der Waals surface area (Å²) in [5.74, 6) is -0.923. The molecule has 0 spiro atoms. The molecule has 160 valence electrons. The van der Waals surface area contributed by atoms with Crippen LogP contribution in [0.15, 0.2) is 53.6 Å². The second-order valence-electron chi connectivity index (χ2n) is 6.97. The van der Waals surface area contributed by atoms with Crippen molar-refractivity contribution in [3.8, 4) is 11.4 Å². The third-order valence-corrected chi connectivity index (χ3v) is 5.06. The van der Waals surface area contributed by atoms with Crippen LogP contribution in [0.5, 0.6) is 5.75 Å². The van der Waals surface area contributed by atoms with Crippen LogP contribution < -0.4 is 15.5 Å². The Hall–Kier alpha value is -3.58. The first kappa shape index (κ1) is 22.1. The molecule has 0 unspecified atom stereocenters. The normalized spacial score (nSPS) is 10.9. The molecule has 0 aliphatic heterocycles. The second-order valence-corrected chi connectivity index (χ2v) is 7.41. The molecule has 2 aromatic carbocycles. The van der Waals surface area contributed by atoms with Crippen LogP contribution in [0.4, 0.5) is 5.69 Å². The fourth-order valence-electron chi connectivity index (χ4n) is 3.17. The average molecular weight is 439 g/mol. The lowest BCUT2D eigenvalue weighted by Gasteiger charge is -2.10. The van der Waals surface area contributed by atoms with E-state index in [-0.39, 0.29) is 0 Å². The van der Waals surface area contributed by atoms with E-state index in [4.69, 9.17) is 16.3 Å². The van der Waals surface area contributed by atoms with Crippen molar-refractivity contribution in [3.63, 3.8) is 0 Å². The van der Waals surface area contributed by atoms with E-state index >= 15 is 0 Å². The molecule has 7 nitrogen and oxygen atoms in total. The number of hydrogen-bond donors (Lipinski definition) is 2. The first-order valence-electron chi connectivity index (χ1n) is 9.54. The average Bonchev–Trinajstić information content (AvgIpc) is 3.03. The number of hydrazone groups is 1. The molecular formula is C23H23ClN4O3. The number of halogens is 1. The molecule has 3 aromatic rings. The maximum atomic E-state index is 12.1. The third-order valence-electron chi connectivity index (χ3n) is 4.82. The minimum Gasteiger partial charge on any atom is -0.497 e. The molecule has 0 radical (unpaired) electrons. The molecule has 0 atom stereocenters. The summed E-state index contributed by atoms with van der Waals surface area (Å²) in [6.45, 7) is 5.74. The van der Waals surface area contributed by atoms with Gasteiger partial charge >= 0.3 is 11.8 Å². The number of ether oxygens (including phenoxy) is 1. The molecule has 0 saturated heterocycles. The van der Waals surface area contributed by atoms with Gasteiger partial charge in [0.05, 0.1) is 13.3 Å². The molecule has 1 aromatic heterocycles. The van der Waals surface area contributed by atoms with Crippen LogP contribution in [-0.4, -0.2) is 29.7 Å². The maximum absolute atomic E-state index is 12.1. The van der Waals surface area contributed by atoms with Gasteiger partial charge in [-0.1, -0.05) is 17.7 Å². The number of carbonyl (C=O) groups is 2. The Morgan fingerprint density at radius 3 is 2.42 bits per heavy atom. The van der Waals surface area contributed by atoms with Gasteiger partial charge in [0.15, 0.2) is 0 Å². The fraction of sp³-hybridized carbons (Fsp3) is 0.174. The number of carbonyl (C=O) groups excluding carboxylic acids is 2. The molecule has 0 fully saturated rings. The molecule has 2 amide bonds. The topological polar surface area (TPSA) is 84.7 Å². The van der Waals surface area contributed by atoms with E-state index in [2.05, 4.69) is 20.4 Å². The zero-order valence-electron chi connectivity index (χ0n) is 17.7. The number of aromatic nitrogens is 1. The number of methoxy groups -OCH3 is 1. The van der Waals surface area contributed by atoms with E-state index in [1.54, 1.807) is 32.2 Å². The van der Waals surface area contributed by atoms with Gasteiger partial charge in [0.25, 0.3) is 0 Å². The van der Waals surface area contributed by atoms with E-state index in [1.807, 2.05) is 44.2 Å². The Morgan fingerprint density at radius 2 is 1.74 bits per heavy atom. The summed E-state index contributed by atoms with van der Waals surface area (Å²) in [5.41, 5.74) is 7.27. The summed E-state index contributed by atoms with van der Waals surface area (Å²) in [4.78, 5) is 24.2. The van der Waals surface area contributed by atoms with Crippen molar-refractivity contribution in [2.24, 2.45) is 5.10 Å². The molecule has 0 bridgehead atoms. The number of benzene rings is 2. The summed E-state index contributed by atoms with van der Waals surface area (Å²) >= 11 is 5.94. The second kappa shape index (κ2) is 9.49. The Kier molecular flexibility index (Phi) is 6.77. The maximum Gasteiger partial charge on any atom is 0.329 e. The lowest BCUT2D eigenvalue weighted by atomic mass is 10.2. The molecule has 0 aliphatic carbocycles. The van der Waals surface area contributed by atoms with Gasteiger partial charge in [-0.3, -0.25) is 9.59 Å². The van der Waals surface area contributed by atoms with Crippen LogP contribution >= 0.6 is 11.6 Å². The Labute approximate surface area is 185 Å². The number of amides is 2. The van der Waals surface area contributed by atoms with E-state index in [0.717, 1.165) is 34.0 Å². The molecule has 0 aliphatic rings. The molecule has 8 heteroatoms. The highest BCUT2D eigenvalue weighted by Gasteiger charge is 2.15. The quantitative estimate of drug-likeness (QED) is 0.356. The first-order chi connectivity index (χ1) is 14.8. The van der Waals surface area contributed by atoms with Crippen LogP contribution in [0, 0.1) is 20.8 Å². The fourth-order valence-corrected chi connectivity index (χ4v) is 3.34. The molecule has 31 heavy (non-hydrogen) atoms. The van der Waals surface area contributed by atoms with E-state index in [9.17, 15) is 9.59 Å². The van der Waals surface area contributed by atoms with Gasteiger partial charge in [0.2, 0.25) is 0 Å². The Balaban J connectivity index is 1.68.